The lowest BCUT2D eigenvalue weighted by molar-refractivity contribution is -0.145. The van der Waals surface area contributed by atoms with E-state index in [1.54, 1.807) is 18.2 Å². The molecule has 3 aromatic rings. The van der Waals surface area contributed by atoms with Crippen LogP contribution in [0.2, 0.25) is 0 Å². The Labute approximate surface area is 176 Å². The number of ether oxygens (including phenoxy) is 1. The maximum Gasteiger partial charge on any atom is 0.306 e. The van der Waals surface area contributed by atoms with Crippen molar-refractivity contribution in [2.75, 3.05) is 6.54 Å². The van der Waals surface area contributed by atoms with Crippen molar-refractivity contribution in [2.45, 2.75) is 31.3 Å². The second kappa shape index (κ2) is 8.00. The van der Waals surface area contributed by atoms with Gasteiger partial charge in [-0.3, -0.25) is 23.7 Å². The summed E-state index contributed by atoms with van der Waals surface area (Å²) in [6.45, 7) is 2.01. The molecule has 4 rings (SSSR count). The summed E-state index contributed by atoms with van der Waals surface area (Å²) in [5, 5.41) is 1.84. The van der Waals surface area contributed by atoms with Crippen LogP contribution in [0.1, 0.15) is 29.8 Å². The van der Waals surface area contributed by atoms with Crippen LogP contribution in [-0.2, 0) is 26.2 Å². The average molecular weight is 447 g/mol. The van der Waals surface area contributed by atoms with Crippen LogP contribution in [-0.4, -0.2) is 36.2 Å². The van der Waals surface area contributed by atoms with E-state index in [1.807, 2.05) is 12.3 Å². The summed E-state index contributed by atoms with van der Waals surface area (Å²) >= 11 is 1.35. The number of thiazole rings is 1. The number of nitrogens with one attached hydrogen (secondary N) is 1. The number of fused-ring (bicyclic) bond motifs is 2. The van der Waals surface area contributed by atoms with Gasteiger partial charge in [0.05, 0.1) is 10.6 Å². The first-order valence-electron chi connectivity index (χ1n) is 9.14. The Hall–Kier alpha value is -3.05. The molecular weight excluding hydrogens is 428 g/mol. The summed E-state index contributed by atoms with van der Waals surface area (Å²) < 4.78 is 33.2. The number of aryl methyl sites for hydroxylation is 1. The molecule has 1 N–H and O–H groups in total. The maximum absolute atomic E-state index is 12.1. The fourth-order valence-electron chi connectivity index (χ4n) is 3.07. The zero-order valence-corrected chi connectivity index (χ0v) is 17.6. The number of aromatic nitrogens is 2. The Kier molecular flexibility index (Phi) is 5.39. The van der Waals surface area contributed by atoms with Crippen LogP contribution in [0.15, 0.2) is 50.4 Å². The molecule has 3 heterocycles. The summed E-state index contributed by atoms with van der Waals surface area (Å²) in [4.78, 5) is 33.4. The highest BCUT2D eigenvalue weighted by Gasteiger charge is 2.29. The van der Waals surface area contributed by atoms with E-state index in [-0.39, 0.29) is 35.9 Å². The monoisotopic (exact) mass is 446 g/mol. The molecule has 0 spiro atoms. The lowest BCUT2D eigenvalue weighted by Gasteiger charge is -2.05. The molecule has 0 aliphatic carbocycles. The minimum Gasteiger partial charge on any atom is -0.459 e. The SMILES string of the molecule is Cc1csc2nc(COC(=O)CCCN=C3NS(=O)(=O)c4ccccc43)cc(=O)n12. The van der Waals surface area contributed by atoms with Crippen LogP contribution in [0.4, 0.5) is 0 Å². The van der Waals surface area contributed by atoms with E-state index in [0.717, 1.165) is 5.69 Å². The summed E-state index contributed by atoms with van der Waals surface area (Å²) in [7, 11) is -3.57. The Bertz CT molecular complexity index is 1320. The topological polar surface area (TPSA) is 119 Å². The van der Waals surface area contributed by atoms with Crippen LogP contribution < -0.4 is 10.3 Å². The largest absolute Gasteiger partial charge is 0.459 e. The van der Waals surface area contributed by atoms with Crippen LogP contribution in [0.5, 0.6) is 0 Å². The summed E-state index contributed by atoms with van der Waals surface area (Å²) in [5.74, 6) is -0.157. The molecule has 0 saturated heterocycles. The van der Waals surface area contributed by atoms with Crippen LogP contribution >= 0.6 is 11.3 Å². The molecule has 0 amide bonds. The highest BCUT2D eigenvalue weighted by Crippen LogP contribution is 2.22. The number of esters is 1. The van der Waals surface area contributed by atoms with Gasteiger partial charge in [0.15, 0.2) is 4.96 Å². The lowest BCUT2D eigenvalue weighted by Crippen LogP contribution is -2.22. The molecule has 9 nitrogen and oxygen atoms in total. The molecule has 0 saturated carbocycles. The first-order chi connectivity index (χ1) is 14.3. The molecule has 156 valence electrons. The minimum absolute atomic E-state index is 0.0801. The van der Waals surface area contributed by atoms with Gasteiger partial charge in [0.25, 0.3) is 15.6 Å². The molecule has 0 radical (unpaired) electrons. The van der Waals surface area contributed by atoms with Gasteiger partial charge in [-0.25, -0.2) is 13.4 Å². The molecule has 1 aliphatic rings. The second-order valence-electron chi connectivity index (χ2n) is 6.68. The normalized spacial score (nSPS) is 15.8. The summed E-state index contributed by atoms with van der Waals surface area (Å²) in [5.41, 5.74) is 1.52. The smallest absolute Gasteiger partial charge is 0.306 e. The van der Waals surface area contributed by atoms with Gasteiger partial charge in [-0.05, 0) is 25.5 Å². The molecule has 11 heteroatoms. The van der Waals surface area contributed by atoms with Crippen molar-refractivity contribution in [1.29, 1.82) is 0 Å². The number of carbonyl (C=O) groups excluding carboxylic acids is 1. The van der Waals surface area contributed by atoms with Crippen molar-refractivity contribution >= 4 is 38.1 Å². The Morgan fingerprint density at radius 2 is 2.13 bits per heavy atom. The minimum atomic E-state index is -3.57. The second-order valence-corrected chi connectivity index (χ2v) is 9.16. The fourth-order valence-corrected chi connectivity index (χ4v) is 5.21. The predicted octanol–water partition coefficient (Wildman–Crippen LogP) is 1.63. The van der Waals surface area contributed by atoms with Gasteiger partial charge < -0.3 is 4.74 Å². The van der Waals surface area contributed by atoms with E-state index < -0.39 is 16.0 Å². The van der Waals surface area contributed by atoms with E-state index in [2.05, 4.69) is 14.7 Å². The number of hydrogen-bond donors (Lipinski definition) is 1. The van der Waals surface area contributed by atoms with Gasteiger partial charge in [-0.15, -0.1) is 11.3 Å². The Balaban J connectivity index is 1.30. The van der Waals surface area contributed by atoms with Crippen molar-refractivity contribution < 1.29 is 17.9 Å². The number of sulfonamides is 1. The molecular formula is C19H18N4O5S2. The lowest BCUT2D eigenvalue weighted by atomic mass is 10.2. The first-order valence-corrected chi connectivity index (χ1v) is 11.5. The average Bonchev–Trinajstić information content (AvgIpc) is 3.21. The Morgan fingerprint density at radius 3 is 2.97 bits per heavy atom. The third kappa shape index (κ3) is 3.98. The van der Waals surface area contributed by atoms with Gasteiger partial charge in [0.2, 0.25) is 0 Å². The number of aliphatic imine (C=N–C) groups is 1. The standard InChI is InChI=1S/C19H18N4O5S2/c1-12-11-29-19-21-13(9-16(24)23(12)19)10-28-17(25)7-4-8-20-18-14-5-2-3-6-15(14)30(26,27)22-18/h2-3,5-6,9,11H,4,7-8,10H2,1H3,(H,20,22). The van der Waals surface area contributed by atoms with Gasteiger partial charge in [-0.1, -0.05) is 12.1 Å². The summed E-state index contributed by atoms with van der Waals surface area (Å²) in [6, 6.07) is 7.95. The highest BCUT2D eigenvalue weighted by atomic mass is 32.2. The van der Waals surface area contributed by atoms with Crippen molar-refractivity contribution in [2.24, 2.45) is 4.99 Å². The molecule has 1 aromatic carbocycles. The van der Waals surface area contributed by atoms with Crippen molar-refractivity contribution in [3.63, 3.8) is 0 Å². The number of carbonyl (C=O) groups is 1. The van der Waals surface area contributed by atoms with Gasteiger partial charge in [-0.2, -0.15) is 0 Å². The van der Waals surface area contributed by atoms with E-state index in [1.165, 1.54) is 27.9 Å². The van der Waals surface area contributed by atoms with Crippen molar-refractivity contribution in [3.8, 4) is 0 Å². The Morgan fingerprint density at radius 1 is 1.33 bits per heavy atom. The van der Waals surface area contributed by atoms with Crippen LogP contribution in [0, 0.1) is 6.92 Å². The highest BCUT2D eigenvalue weighted by molar-refractivity contribution is 7.90. The van der Waals surface area contributed by atoms with E-state index >= 15 is 0 Å². The summed E-state index contributed by atoms with van der Waals surface area (Å²) in [6.07, 6.45) is 0.510. The molecule has 0 bridgehead atoms. The number of hydrogen-bond acceptors (Lipinski definition) is 8. The molecule has 0 unspecified atom stereocenters. The van der Waals surface area contributed by atoms with Crippen LogP contribution in [0.3, 0.4) is 0 Å². The van der Waals surface area contributed by atoms with Gasteiger partial charge >= 0.3 is 5.97 Å². The molecule has 30 heavy (non-hydrogen) atoms. The maximum atomic E-state index is 12.1. The number of rotatable bonds is 6. The zero-order chi connectivity index (χ0) is 21.3. The molecule has 0 atom stereocenters. The van der Waals surface area contributed by atoms with E-state index in [4.69, 9.17) is 4.74 Å². The predicted molar refractivity (Wildman–Crippen MR) is 111 cm³/mol. The van der Waals surface area contributed by atoms with E-state index in [0.29, 0.717) is 22.6 Å². The van der Waals surface area contributed by atoms with Crippen molar-refractivity contribution in [1.82, 2.24) is 14.1 Å². The van der Waals surface area contributed by atoms with Crippen LogP contribution in [0.25, 0.3) is 4.96 Å². The molecule has 0 fully saturated rings. The van der Waals surface area contributed by atoms with Gasteiger partial charge in [0, 0.05) is 35.7 Å². The third-order valence-corrected chi connectivity index (χ3v) is 6.82. The number of amidine groups is 1. The molecule has 2 aromatic heterocycles. The zero-order valence-electron chi connectivity index (χ0n) is 16.0. The van der Waals surface area contributed by atoms with Crippen molar-refractivity contribution in [3.05, 3.63) is 63.0 Å². The fraction of sp³-hybridized carbons (Fsp3) is 0.263. The first kappa shape index (κ1) is 20.2. The molecule has 1 aliphatic heterocycles. The number of benzene rings is 1. The quantitative estimate of drug-likeness (QED) is 0.454. The van der Waals surface area contributed by atoms with Gasteiger partial charge in [0.1, 0.15) is 12.4 Å². The number of nitrogens with zero attached hydrogens (tertiary/aromatic N) is 3. The third-order valence-electron chi connectivity index (χ3n) is 4.48. The van der Waals surface area contributed by atoms with E-state index in [9.17, 15) is 18.0 Å².